The molecule has 1 fully saturated rings. The van der Waals surface area contributed by atoms with Crippen molar-refractivity contribution in [2.24, 2.45) is 5.92 Å². The Morgan fingerprint density at radius 2 is 1.82 bits per heavy atom. The van der Waals surface area contributed by atoms with Gasteiger partial charge < -0.3 is 4.90 Å². The van der Waals surface area contributed by atoms with Crippen LogP contribution in [0, 0.1) is 5.92 Å². The molecular weight excluding hydrogens is 272 g/mol. The predicted octanol–water partition coefficient (Wildman–Crippen LogP) is 3.28. The molecule has 3 heteroatoms. The third-order valence-electron chi connectivity index (χ3n) is 4.13. The lowest BCUT2D eigenvalue weighted by atomic mass is 10.1. The summed E-state index contributed by atoms with van der Waals surface area (Å²) in [6.07, 6.45) is 6.08. The highest BCUT2D eigenvalue weighted by Crippen LogP contribution is 2.09. The van der Waals surface area contributed by atoms with Gasteiger partial charge in [-0.15, -0.1) is 0 Å². The molecule has 1 saturated heterocycles. The van der Waals surface area contributed by atoms with Crippen molar-refractivity contribution in [1.82, 2.24) is 9.80 Å². The first-order valence-corrected chi connectivity index (χ1v) is 8.37. The summed E-state index contributed by atoms with van der Waals surface area (Å²) in [7, 11) is 0. The highest BCUT2D eigenvalue weighted by atomic mass is 16.2. The van der Waals surface area contributed by atoms with Crippen molar-refractivity contribution in [1.29, 1.82) is 0 Å². The number of carbonyl (C=O) groups is 1. The summed E-state index contributed by atoms with van der Waals surface area (Å²) in [4.78, 5) is 16.5. The first-order valence-electron chi connectivity index (χ1n) is 8.37. The van der Waals surface area contributed by atoms with Crippen molar-refractivity contribution in [3.63, 3.8) is 0 Å². The van der Waals surface area contributed by atoms with Crippen LogP contribution in [0.1, 0.15) is 32.3 Å². The van der Waals surface area contributed by atoms with Gasteiger partial charge in [0.1, 0.15) is 0 Å². The molecule has 1 aliphatic rings. The van der Waals surface area contributed by atoms with E-state index in [1.54, 1.807) is 0 Å². The van der Waals surface area contributed by atoms with E-state index < -0.39 is 0 Å². The Morgan fingerprint density at radius 1 is 1.14 bits per heavy atom. The van der Waals surface area contributed by atoms with Gasteiger partial charge in [0.15, 0.2) is 0 Å². The fraction of sp³-hybridized carbons (Fsp3) is 0.526. The molecule has 0 saturated carbocycles. The van der Waals surface area contributed by atoms with E-state index in [2.05, 4.69) is 55.2 Å². The molecule has 1 heterocycles. The molecule has 0 spiro atoms. The zero-order valence-electron chi connectivity index (χ0n) is 13.9. The third kappa shape index (κ3) is 5.64. The molecule has 1 amide bonds. The molecular formula is C19H28N2O. The van der Waals surface area contributed by atoms with Crippen molar-refractivity contribution in [2.75, 3.05) is 32.7 Å². The van der Waals surface area contributed by atoms with Crippen LogP contribution in [0.5, 0.6) is 0 Å². The van der Waals surface area contributed by atoms with Gasteiger partial charge in [-0.3, -0.25) is 9.69 Å². The second kappa shape index (κ2) is 8.74. The van der Waals surface area contributed by atoms with Crippen LogP contribution in [0.3, 0.4) is 0 Å². The number of hydrogen-bond donors (Lipinski definition) is 0. The summed E-state index contributed by atoms with van der Waals surface area (Å²) in [5, 5.41) is 0. The number of carbonyl (C=O) groups excluding carboxylic acids is 1. The monoisotopic (exact) mass is 300 g/mol. The van der Waals surface area contributed by atoms with Crippen molar-refractivity contribution in [2.45, 2.75) is 26.7 Å². The van der Waals surface area contributed by atoms with Crippen molar-refractivity contribution in [3.05, 3.63) is 42.0 Å². The first-order chi connectivity index (χ1) is 10.6. The van der Waals surface area contributed by atoms with Crippen LogP contribution in [0.15, 0.2) is 36.4 Å². The van der Waals surface area contributed by atoms with Crippen molar-refractivity contribution >= 4 is 12.0 Å². The zero-order valence-corrected chi connectivity index (χ0v) is 13.9. The Labute approximate surface area is 134 Å². The Kier molecular flexibility index (Phi) is 6.66. The largest absolute Gasteiger partial charge is 0.340 e. The maximum atomic E-state index is 12.1. The van der Waals surface area contributed by atoms with Gasteiger partial charge in [0.05, 0.1) is 0 Å². The first kappa shape index (κ1) is 16.8. The third-order valence-corrected chi connectivity index (χ3v) is 4.13. The van der Waals surface area contributed by atoms with Gasteiger partial charge in [-0.1, -0.05) is 56.3 Å². The van der Waals surface area contributed by atoms with Crippen molar-refractivity contribution in [3.8, 4) is 0 Å². The van der Waals surface area contributed by atoms with Gasteiger partial charge in [-0.05, 0) is 17.9 Å². The molecule has 3 nitrogen and oxygen atoms in total. The second-order valence-corrected chi connectivity index (χ2v) is 6.43. The van der Waals surface area contributed by atoms with Crippen LogP contribution >= 0.6 is 0 Å². The van der Waals surface area contributed by atoms with Gasteiger partial charge in [0.25, 0.3) is 0 Å². The summed E-state index contributed by atoms with van der Waals surface area (Å²) in [5.41, 5.74) is 1.24. The highest BCUT2D eigenvalue weighted by molar-refractivity contribution is 5.76. The number of piperazine rings is 1. The summed E-state index contributed by atoms with van der Waals surface area (Å²) in [5.74, 6) is 0.932. The molecule has 0 aliphatic carbocycles. The topological polar surface area (TPSA) is 23.6 Å². The van der Waals surface area contributed by atoms with Crippen LogP contribution in [-0.2, 0) is 4.79 Å². The number of rotatable bonds is 6. The lowest BCUT2D eigenvalue weighted by molar-refractivity contribution is -0.133. The van der Waals surface area contributed by atoms with E-state index in [-0.39, 0.29) is 0 Å². The SMILES string of the molecule is CC(C)CCC(=O)N1CCN(CC=Cc2ccccc2)CC1. The van der Waals surface area contributed by atoms with Crippen LogP contribution in [-0.4, -0.2) is 48.4 Å². The van der Waals surface area contributed by atoms with Crippen molar-refractivity contribution < 1.29 is 4.79 Å². The number of nitrogens with zero attached hydrogens (tertiary/aromatic N) is 2. The molecule has 0 N–H and O–H groups in total. The van der Waals surface area contributed by atoms with Crippen LogP contribution in [0.25, 0.3) is 6.08 Å². The summed E-state index contributed by atoms with van der Waals surface area (Å²) >= 11 is 0. The standard InChI is InChI=1S/C19H28N2O/c1-17(2)10-11-19(22)21-15-13-20(14-16-21)12-6-9-18-7-4-3-5-8-18/h3-9,17H,10-16H2,1-2H3. The van der Waals surface area contributed by atoms with Gasteiger partial charge in [-0.2, -0.15) is 0 Å². The van der Waals surface area contributed by atoms with E-state index in [9.17, 15) is 4.79 Å². The van der Waals surface area contributed by atoms with E-state index in [4.69, 9.17) is 0 Å². The average molecular weight is 300 g/mol. The fourth-order valence-corrected chi connectivity index (χ4v) is 2.65. The molecule has 0 aromatic heterocycles. The zero-order chi connectivity index (χ0) is 15.8. The smallest absolute Gasteiger partial charge is 0.222 e. The van der Waals surface area contributed by atoms with Crippen LogP contribution in [0.4, 0.5) is 0 Å². The van der Waals surface area contributed by atoms with Gasteiger partial charge in [0.2, 0.25) is 5.91 Å². The van der Waals surface area contributed by atoms with E-state index in [1.807, 2.05) is 11.0 Å². The lowest BCUT2D eigenvalue weighted by Gasteiger charge is -2.34. The molecule has 0 bridgehead atoms. The minimum atomic E-state index is 0.327. The normalized spacial score (nSPS) is 16.6. The van der Waals surface area contributed by atoms with E-state index in [0.717, 1.165) is 39.1 Å². The molecule has 1 aromatic rings. The highest BCUT2D eigenvalue weighted by Gasteiger charge is 2.20. The minimum Gasteiger partial charge on any atom is -0.340 e. The number of amides is 1. The molecule has 1 aromatic carbocycles. The average Bonchev–Trinajstić information content (AvgIpc) is 2.54. The minimum absolute atomic E-state index is 0.327. The summed E-state index contributed by atoms with van der Waals surface area (Å²) < 4.78 is 0. The Morgan fingerprint density at radius 3 is 2.45 bits per heavy atom. The Hall–Kier alpha value is -1.61. The van der Waals surface area contributed by atoms with Gasteiger partial charge in [-0.25, -0.2) is 0 Å². The fourth-order valence-electron chi connectivity index (χ4n) is 2.65. The summed E-state index contributed by atoms with van der Waals surface area (Å²) in [6.45, 7) is 9.00. The van der Waals surface area contributed by atoms with Crippen LogP contribution < -0.4 is 0 Å². The number of hydrogen-bond acceptors (Lipinski definition) is 2. The van der Waals surface area contributed by atoms with Gasteiger partial charge >= 0.3 is 0 Å². The summed E-state index contributed by atoms with van der Waals surface area (Å²) in [6, 6.07) is 10.4. The molecule has 1 aliphatic heterocycles. The molecule has 0 atom stereocenters. The predicted molar refractivity (Wildman–Crippen MR) is 92.6 cm³/mol. The molecule has 2 rings (SSSR count). The van der Waals surface area contributed by atoms with E-state index >= 15 is 0 Å². The maximum absolute atomic E-state index is 12.1. The van der Waals surface area contributed by atoms with E-state index in [1.165, 1.54) is 5.56 Å². The molecule has 0 radical (unpaired) electrons. The lowest BCUT2D eigenvalue weighted by Crippen LogP contribution is -2.48. The van der Waals surface area contributed by atoms with Gasteiger partial charge in [0, 0.05) is 39.1 Å². The molecule has 0 unspecified atom stereocenters. The quantitative estimate of drug-likeness (QED) is 0.805. The Balaban J connectivity index is 1.69. The maximum Gasteiger partial charge on any atom is 0.222 e. The Bertz CT molecular complexity index is 473. The molecule has 22 heavy (non-hydrogen) atoms. The van der Waals surface area contributed by atoms with Crippen LogP contribution in [0.2, 0.25) is 0 Å². The number of benzene rings is 1. The second-order valence-electron chi connectivity index (χ2n) is 6.43. The molecule has 120 valence electrons. The van der Waals surface area contributed by atoms with E-state index in [0.29, 0.717) is 18.2 Å².